The van der Waals surface area contributed by atoms with Crippen molar-refractivity contribution in [3.05, 3.63) is 35.9 Å². The van der Waals surface area contributed by atoms with Gasteiger partial charge < -0.3 is 15.5 Å². The van der Waals surface area contributed by atoms with Crippen LogP contribution in [0.5, 0.6) is 0 Å². The lowest BCUT2D eigenvalue weighted by Crippen LogP contribution is -2.58. The van der Waals surface area contributed by atoms with Crippen molar-refractivity contribution in [3.8, 4) is 0 Å². The van der Waals surface area contributed by atoms with E-state index in [4.69, 9.17) is 0 Å². The molecule has 4 aliphatic carbocycles. The molecule has 4 saturated carbocycles. The van der Waals surface area contributed by atoms with Crippen LogP contribution >= 0.6 is 0 Å². The van der Waals surface area contributed by atoms with Crippen LogP contribution in [0.15, 0.2) is 30.3 Å². The second-order valence-corrected chi connectivity index (χ2v) is 13.6. The maximum atomic E-state index is 12.6. The molecule has 10 atom stereocenters. The molecule has 0 unspecified atom stereocenters. The first-order valence-corrected chi connectivity index (χ1v) is 14.9. The van der Waals surface area contributed by atoms with Gasteiger partial charge in [-0.1, -0.05) is 51.1 Å². The molecular formula is C32H49NO3. The Morgan fingerprint density at radius 3 is 2.50 bits per heavy atom. The summed E-state index contributed by atoms with van der Waals surface area (Å²) in [5.74, 6) is 3.44. The van der Waals surface area contributed by atoms with E-state index in [1.807, 2.05) is 18.2 Å². The molecule has 4 fully saturated rings. The minimum absolute atomic E-state index is 0.173. The standard InChI is InChI=1S/C32H49NO3/c1-21(9-12-29(36)33-18-15-22-7-5-4-6-8-22)25-10-11-26-30-27(14-17-32(25,26)3)31(2)16-13-24(34)19-23(31)20-28(30)35/h4-8,21,23-28,30,34-35H,9-20H2,1-3H3,(H,33,36)/t21-,23-,24-,25+,26-,27-,28+,30+,31+,32-/m1/s1. The summed E-state index contributed by atoms with van der Waals surface area (Å²) >= 11 is 0. The Hall–Kier alpha value is -1.39. The summed E-state index contributed by atoms with van der Waals surface area (Å²) in [4.78, 5) is 12.6. The molecule has 0 heterocycles. The Morgan fingerprint density at radius 2 is 1.72 bits per heavy atom. The van der Waals surface area contributed by atoms with E-state index in [9.17, 15) is 15.0 Å². The molecule has 0 spiro atoms. The quantitative estimate of drug-likeness (QED) is 0.451. The van der Waals surface area contributed by atoms with E-state index in [1.54, 1.807) is 0 Å². The van der Waals surface area contributed by atoms with Gasteiger partial charge in [0.1, 0.15) is 0 Å². The van der Waals surface area contributed by atoms with Crippen LogP contribution in [0, 0.1) is 46.3 Å². The van der Waals surface area contributed by atoms with Gasteiger partial charge >= 0.3 is 0 Å². The molecule has 1 amide bonds. The van der Waals surface area contributed by atoms with E-state index in [-0.39, 0.29) is 28.9 Å². The van der Waals surface area contributed by atoms with Crippen molar-refractivity contribution in [2.75, 3.05) is 6.54 Å². The third kappa shape index (κ3) is 4.77. The van der Waals surface area contributed by atoms with Gasteiger partial charge in [-0.05, 0) is 116 Å². The summed E-state index contributed by atoms with van der Waals surface area (Å²) in [5, 5.41) is 24.9. The number of hydrogen-bond donors (Lipinski definition) is 3. The molecule has 200 valence electrons. The molecule has 4 aliphatic rings. The van der Waals surface area contributed by atoms with Crippen LogP contribution in [0.4, 0.5) is 0 Å². The first-order valence-electron chi connectivity index (χ1n) is 14.9. The highest BCUT2D eigenvalue weighted by Crippen LogP contribution is 2.68. The summed E-state index contributed by atoms with van der Waals surface area (Å²) in [5.41, 5.74) is 1.83. The van der Waals surface area contributed by atoms with Gasteiger partial charge in [0.15, 0.2) is 0 Å². The predicted molar refractivity (Wildman–Crippen MR) is 144 cm³/mol. The Balaban J connectivity index is 1.17. The maximum absolute atomic E-state index is 12.6. The highest BCUT2D eigenvalue weighted by Gasteiger charge is 2.62. The van der Waals surface area contributed by atoms with E-state index in [1.165, 1.54) is 31.2 Å². The molecule has 1 aromatic rings. The molecule has 3 N–H and O–H groups in total. The Kier molecular flexibility index (Phi) is 7.58. The smallest absolute Gasteiger partial charge is 0.220 e. The number of benzene rings is 1. The third-order valence-electron chi connectivity index (χ3n) is 11.8. The second-order valence-electron chi connectivity index (χ2n) is 13.6. The lowest BCUT2D eigenvalue weighted by molar-refractivity contribution is -0.174. The minimum Gasteiger partial charge on any atom is -0.393 e. The number of amides is 1. The topological polar surface area (TPSA) is 69.6 Å². The number of nitrogens with one attached hydrogen (secondary N) is 1. The van der Waals surface area contributed by atoms with Crippen molar-refractivity contribution < 1.29 is 15.0 Å². The fourth-order valence-corrected chi connectivity index (χ4v) is 9.81. The molecule has 4 heteroatoms. The zero-order valence-corrected chi connectivity index (χ0v) is 22.8. The highest BCUT2D eigenvalue weighted by atomic mass is 16.3. The van der Waals surface area contributed by atoms with E-state index in [0.717, 1.165) is 38.5 Å². The molecule has 0 aliphatic heterocycles. The van der Waals surface area contributed by atoms with Gasteiger partial charge in [0.2, 0.25) is 5.91 Å². The molecule has 0 saturated heterocycles. The minimum atomic E-state index is -0.215. The second kappa shape index (κ2) is 10.4. The number of aliphatic hydroxyl groups excluding tert-OH is 2. The number of hydrogen-bond acceptors (Lipinski definition) is 3. The number of carbonyl (C=O) groups is 1. The number of aliphatic hydroxyl groups is 2. The maximum Gasteiger partial charge on any atom is 0.220 e. The monoisotopic (exact) mass is 495 g/mol. The van der Waals surface area contributed by atoms with Gasteiger partial charge in [-0.15, -0.1) is 0 Å². The first-order chi connectivity index (χ1) is 17.2. The molecule has 0 bridgehead atoms. The molecule has 36 heavy (non-hydrogen) atoms. The Labute approximate surface area is 218 Å². The van der Waals surface area contributed by atoms with E-state index in [2.05, 4.69) is 38.2 Å². The van der Waals surface area contributed by atoms with Crippen molar-refractivity contribution >= 4 is 5.91 Å². The summed E-state index contributed by atoms with van der Waals surface area (Å²) in [6, 6.07) is 10.3. The van der Waals surface area contributed by atoms with Gasteiger partial charge in [0, 0.05) is 13.0 Å². The number of rotatable bonds is 7. The van der Waals surface area contributed by atoms with E-state index in [0.29, 0.717) is 48.5 Å². The normalized spacial score (nSPS) is 42.6. The van der Waals surface area contributed by atoms with Gasteiger partial charge in [0.25, 0.3) is 0 Å². The van der Waals surface area contributed by atoms with Gasteiger partial charge in [-0.2, -0.15) is 0 Å². The largest absolute Gasteiger partial charge is 0.393 e. The predicted octanol–water partition coefficient (Wildman–Crippen LogP) is 5.75. The average molecular weight is 496 g/mol. The SMILES string of the molecule is C[C@H](CCC(=O)NCCc1ccccc1)[C@@H]1CC[C@@H]2[C@H]3[C@@H](CC[C@@]21C)[C@@]1(C)CC[C@@H](O)C[C@@H]1C[C@@H]3O. The lowest BCUT2D eigenvalue weighted by atomic mass is 9.43. The summed E-state index contributed by atoms with van der Waals surface area (Å²) in [7, 11) is 0. The molecule has 4 nitrogen and oxygen atoms in total. The number of carbonyl (C=O) groups excluding carboxylic acids is 1. The third-order valence-corrected chi connectivity index (χ3v) is 11.8. The molecule has 1 aromatic carbocycles. The van der Waals surface area contributed by atoms with Crippen LogP contribution < -0.4 is 5.32 Å². The van der Waals surface area contributed by atoms with E-state index < -0.39 is 0 Å². The van der Waals surface area contributed by atoms with Crippen molar-refractivity contribution in [3.63, 3.8) is 0 Å². The van der Waals surface area contributed by atoms with E-state index >= 15 is 0 Å². The van der Waals surface area contributed by atoms with Crippen LogP contribution in [0.3, 0.4) is 0 Å². The van der Waals surface area contributed by atoms with Crippen molar-refractivity contribution in [1.29, 1.82) is 0 Å². The first kappa shape index (κ1) is 26.2. The summed E-state index contributed by atoms with van der Waals surface area (Å²) in [6.07, 6.45) is 10.8. The zero-order chi connectivity index (χ0) is 25.5. The lowest BCUT2D eigenvalue weighted by Gasteiger charge is -2.62. The van der Waals surface area contributed by atoms with Crippen LogP contribution in [-0.2, 0) is 11.2 Å². The fraction of sp³-hybridized carbons (Fsp3) is 0.781. The van der Waals surface area contributed by atoms with Crippen LogP contribution in [0.25, 0.3) is 0 Å². The Bertz CT molecular complexity index is 904. The van der Waals surface area contributed by atoms with Crippen LogP contribution in [0.1, 0.15) is 90.5 Å². The molecular weight excluding hydrogens is 446 g/mol. The molecule has 0 radical (unpaired) electrons. The van der Waals surface area contributed by atoms with Crippen LogP contribution in [0.2, 0.25) is 0 Å². The van der Waals surface area contributed by atoms with Gasteiger partial charge in [-0.25, -0.2) is 0 Å². The van der Waals surface area contributed by atoms with Crippen molar-refractivity contribution in [2.45, 2.75) is 104 Å². The van der Waals surface area contributed by atoms with Crippen molar-refractivity contribution in [2.24, 2.45) is 46.3 Å². The van der Waals surface area contributed by atoms with Gasteiger partial charge in [0.05, 0.1) is 12.2 Å². The van der Waals surface area contributed by atoms with Gasteiger partial charge in [-0.3, -0.25) is 4.79 Å². The van der Waals surface area contributed by atoms with Crippen molar-refractivity contribution in [1.82, 2.24) is 5.32 Å². The highest BCUT2D eigenvalue weighted by molar-refractivity contribution is 5.75. The summed E-state index contributed by atoms with van der Waals surface area (Å²) < 4.78 is 0. The number of fused-ring (bicyclic) bond motifs is 5. The average Bonchev–Trinajstić information content (AvgIpc) is 3.21. The zero-order valence-electron chi connectivity index (χ0n) is 22.8. The molecule has 5 rings (SSSR count). The van der Waals surface area contributed by atoms with Crippen LogP contribution in [-0.4, -0.2) is 34.9 Å². The Morgan fingerprint density at radius 1 is 1.00 bits per heavy atom. The fourth-order valence-electron chi connectivity index (χ4n) is 9.81. The molecule has 0 aromatic heterocycles. The summed E-state index contributed by atoms with van der Waals surface area (Å²) in [6.45, 7) is 8.09.